The van der Waals surface area contributed by atoms with Crippen LogP contribution in [0.2, 0.25) is 0 Å². The van der Waals surface area contributed by atoms with Gasteiger partial charge in [0.05, 0.1) is 17.3 Å². The van der Waals surface area contributed by atoms with Crippen molar-refractivity contribution >= 4 is 21.6 Å². The van der Waals surface area contributed by atoms with E-state index in [4.69, 9.17) is 9.72 Å². The lowest BCUT2D eigenvalue weighted by Gasteiger charge is -2.16. The van der Waals surface area contributed by atoms with Gasteiger partial charge in [-0.05, 0) is 36.4 Å². The lowest BCUT2D eigenvalue weighted by Crippen LogP contribution is -2.83. The van der Waals surface area contributed by atoms with Gasteiger partial charge in [-0.1, -0.05) is 42.5 Å². The van der Waals surface area contributed by atoms with Crippen LogP contribution in [0.15, 0.2) is 78.9 Å². The molecule has 0 amide bonds. The molecule has 0 saturated carbocycles. The smallest absolute Gasteiger partial charge is 0.148 e. The first kappa shape index (κ1) is 16.8. The van der Waals surface area contributed by atoms with Gasteiger partial charge in [-0.2, -0.15) is 0 Å². The van der Waals surface area contributed by atoms with Crippen molar-refractivity contribution in [3.05, 3.63) is 95.0 Å². The highest BCUT2D eigenvalue weighted by atomic mass is 32.1. The fourth-order valence-corrected chi connectivity index (χ4v) is 4.10. The van der Waals surface area contributed by atoms with Crippen molar-refractivity contribution in [2.75, 3.05) is 7.11 Å². The molecule has 26 heavy (non-hydrogen) atoms. The summed E-state index contributed by atoms with van der Waals surface area (Å²) in [6, 6.07) is 27.5. The Hall–Kier alpha value is -2.69. The molecule has 0 aliphatic heterocycles. The van der Waals surface area contributed by atoms with Crippen LogP contribution in [0.5, 0.6) is 5.75 Å². The van der Waals surface area contributed by atoms with E-state index < -0.39 is 0 Å². The number of benzene rings is 3. The molecule has 0 spiro atoms. The summed E-state index contributed by atoms with van der Waals surface area (Å²) >= 11 is 1.77. The van der Waals surface area contributed by atoms with Crippen LogP contribution in [0.1, 0.15) is 22.2 Å². The highest BCUT2D eigenvalue weighted by molar-refractivity contribution is 7.18. The first-order valence-corrected chi connectivity index (χ1v) is 9.52. The minimum Gasteiger partial charge on any atom is -0.497 e. The molecule has 0 radical (unpaired) electrons. The van der Waals surface area contributed by atoms with Gasteiger partial charge in [-0.15, -0.1) is 11.3 Å². The SMILES string of the molecule is COc1ccc([C@H]([NH2+]Cc2nc3ccccc3s2)c2ccccc2)cc1. The van der Waals surface area contributed by atoms with Crippen molar-refractivity contribution in [3.63, 3.8) is 0 Å². The Kier molecular flexibility index (Phi) is 4.95. The van der Waals surface area contributed by atoms with Crippen LogP contribution < -0.4 is 10.1 Å². The van der Waals surface area contributed by atoms with Crippen LogP contribution in [-0.2, 0) is 6.54 Å². The summed E-state index contributed by atoms with van der Waals surface area (Å²) in [7, 11) is 1.70. The molecule has 0 aliphatic rings. The van der Waals surface area contributed by atoms with Crippen LogP contribution in [-0.4, -0.2) is 12.1 Å². The molecule has 3 nitrogen and oxygen atoms in total. The second kappa shape index (κ2) is 7.68. The summed E-state index contributed by atoms with van der Waals surface area (Å²) in [6.45, 7) is 0.852. The quantitative estimate of drug-likeness (QED) is 0.560. The highest BCUT2D eigenvalue weighted by Gasteiger charge is 2.18. The molecule has 0 aliphatic carbocycles. The van der Waals surface area contributed by atoms with Crippen LogP contribution in [0.25, 0.3) is 10.2 Å². The second-order valence-electron chi connectivity index (χ2n) is 6.18. The van der Waals surface area contributed by atoms with Gasteiger partial charge in [-0.25, -0.2) is 4.98 Å². The minimum atomic E-state index is 0.231. The zero-order valence-corrected chi connectivity index (χ0v) is 15.4. The molecule has 4 aromatic rings. The fourth-order valence-electron chi connectivity index (χ4n) is 3.16. The van der Waals surface area contributed by atoms with Crippen LogP contribution in [0, 0.1) is 0 Å². The number of nitrogens with zero attached hydrogens (tertiary/aromatic N) is 1. The van der Waals surface area contributed by atoms with E-state index >= 15 is 0 Å². The number of hydrogen-bond donors (Lipinski definition) is 1. The highest BCUT2D eigenvalue weighted by Crippen LogP contribution is 2.23. The first-order valence-electron chi connectivity index (χ1n) is 8.70. The molecule has 1 heterocycles. The maximum atomic E-state index is 5.30. The van der Waals surface area contributed by atoms with Gasteiger partial charge < -0.3 is 10.1 Å². The summed E-state index contributed by atoms with van der Waals surface area (Å²) < 4.78 is 6.55. The van der Waals surface area contributed by atoms with E-state index in [1.54, 1.807) is 18.4 Å². The second-order valence-corrected chi connectivity index (χ2v) is 7.29. The predicted octanol–water partition coefficient (Wildman–Crippen LogP) is 4.16. The lowest BCUT2D eigenvalue weighted by molar-refractivity contribution is -0.702. The maximum absolute atomic E-state index is 5.30. The van der Waals surface area contributed by atoms with E-state index in [1.165, 1.54) is 15.8 Å². The number of methoxy groups -OCH3 is 1. The Morgan fingerprint density at radius 1 is 0.885 bits per heavy atom. The van der Waals surface area contributed by atoms with Crippen LogP contribution in [0.3, 0.4) is 0 Å². The zero-order chi connectivity index (χ0) is 17.8. The summed E-state index contributed by atoms with van der Waals surface area (Å²) in [6.07, 6.45) is 0. The molecule has 4 rings (SSSR count). The van der Waals surface area contributed by atoms with Crippen LogP contribution in [0.4, 0.5) is 0 Å². The van der Waals surface area contributed by atoms with E-state index in [9.17, 15) is 0 Å². The number of fused-ring (bicyclic) bond motifs is 1. The number of quaternary nitrogens is 1. The van der Waals surface area contributed by atoms with Gasteiger partial charge in [0.25, 0.3) is 0 Å². The Morgan fingerprint density at radius 2 is 1.58 bits per heavy atom. The molecule has 4 heteroatoms. The third kappa shape index (κ3) is 3.62. The topological polar surface area (TPSA) is 38.7 Å². The molecular weight excluding hydrogens is 340 g/mol. The van der Waals surface area contributed by atoms with Crippen molar-refractivity contribution in [2.24, 2.45) is 0 Å². The van der Waals surface area contributed by atoms with Gasteiger partial charge in [0, 0.05) is 11.1 Å². The van der Waals surface area contributed by atoms with Gasteiger partial charge in [0.2, 0.25) is 0 Å². The van der Waals surface area contributed by atoms with Gasteiger partial charge in [-0.3, -0.25) is 0 Å². The fraction of sp³-hybridized carbons (Fsp3) is 0.136. The zero-order valence-electron chi connectivity index (χ0n) is 14.6. The van der Waals surface area contributed by atoms with Crippen LogP contribution >= 0.6 is 11.3 Å². The van der Waals surface area contributed by atoms with Gasteiger partial charge in [0.1, 0.15) is 23.3 Å². The van der Waals surface area contributed by atoms with Crippen molar-refractivity contribution in [3.8, 4) is 5.75 Å². The average molecular weight is 361 g/mol. The number of hydrogen-bond acceptors (Lipinski definition) is 3. The number of para-hydroxylation sites is 1. The van der Waals surface area contributed by atoms with Gasteiger partial charge >= 0.3 is 0 Å². The Morgan fingerprint density at radius 3 is 2.31 bits per heavy atom. The summed E-state index contributed by atoms with van der Waals surface area (Å²) in [4.78, 5) is 4.77. The van der Waals surface area contributed by atoms with E-state index in [1.807, 2.05) is 18.2 Å². The van der Waals surface area contributed by atoms with E-state index in [0.29, 0.717) is 0 Å². The van der Waals surface area contributed by atoms with Crippen molar-refractivity contribution in [1.82, 2.24) is 4.98 Å². The molecule has 0 fully saturated rings. The Balaban J connectivity index is 1.60. The maximum Gasteiger partial charge on any atom is 0.148 e. The van der Waals surface area contributed by atoms with E-state index in [2.05, 4.69) is 66.0 Å². The molecule has 1 atom stereocenters. The first-order chi connectivity index (χ1) is 12.8. The standard InChI is InChI=1S/C22H20N2OS/c1-25-18-13-11-17(12-14-18)22(16-7-3-2-4-8-16)23-15-21-24-19-9-5-6-10-20(19)26-21/h2-14,22-23H,15H2,1H3/p+1/t22-/m1/s1. The van der Waals surface area contributed by atoms with Crippen molar-refractivity contribution < 1.29 is 10.1 Å². The Labute approximate surface area is 157 Å². The summed E-state index contributed by atoms with van der Waals surface area (Å²) in [5.74, 6) is 0.881. The number of rotatable bonds is 6. The molecule has 0 unspecified atom stereocenters. The number of nitrogens with two attached hydrogens (primary N) is 1. The molecule has 0 saturated heterocycles. The molecule has 3 aromatic carbocycles. The average Bonchev–Trinajstić information content (AvgIpc) is 3.12. The van der Waals surface area contributed by atoms with Crippen molar-refractivity contribution in [2.45, 2.75) is 12.6 Å². The van der Waals surface area contributed by atoms with Gasteiger partial charge in [0.15, 0.2) is 0 Å². The van der Waals surface area contributed by atoms with Crippen molar-refractivity contribution in [1.29, 1.82) is 0 Å². The summed E-state index contributed by atoms with van der Waals surface area (Å²) in [5.41, 5.74) is 3.64. The third-order valence-corrected chi connectivity index (χ3v) is 5.56. The molecule has 130 valence electrons. The summed E-state index contributed by atoms with van der Waals surface area (Å²) in [5, 5.41) is 3.51. The number of ether oxygens (including phenoxy) is 1. The largest absolute Gasteiger partial charge is 0.497 e. The molecule has 2 N–H and O–H groups in total. The minimum absolute atomic E-state index is 0.231. The number of thiazole rings is 1. The molecule has 1 aromatic heterocycles. The molecule has 0 bridgehead atoms. The lowest BCUT2D eigenvalue weighted by atomic mass is 9.98. The van der Waals surface area contributed by atoms with E-state index in [0.717, 1.165) is 22.8 Å². The number of aromatic nitrogens is 1. The normalized spacial score (nSPS) is 12.2. The third-order valence-electron chi connectivity index (χ3n) is 4.50. The predicted molar refractivity (Wildman–Crippen MR) is 107 cm³/mol. The Bertz CT molecular complexity index is 947. The van der Waals surface area contributed by atoms with E-state index in [-0.39, 0.29) is 6.04 Å². The monoisotopic (exact) mass is 361 g/mol. The molecular formula is C22H21N2OS+.